The number of hydrogen-bond donors (Lipinski definition) is 1. The van der Waals surface area contributed by atoms with E-state index in [2.05, 4.69) is 4.72 Å². The van der Waals surface area contributed by atoms with Gasteiger partial charge >= 0.3 is 0 Å². The average molecular weight is 458 g/mol. The zero-order chi connectivity index (χ0) is 21.9. The number of carbonyl (C=O) groups excluding carboxylic acids is 1. The Morgan fingerprint density at radius 2 is 1.63 bits per heavy atom. The van der Waals surface area contributed by atoms with Crippen LogP contribution in [0.4, 0.5) is 0 Å². The van der Waals surface area contributed by atoms with Gasteiger partial charge in [-0.1, -0.05) is 17.7 Å². The van der Waals surface area contributed by atoms with Gasteiger partial charge in [0.1, 0.15) is 0 Å². The Morgan fingerprint density at radius 1 is 1.00 bits per heavy atom. The summed E-state index contributed by atoms with van der Waals surface area (Å²) in [5.41, 5.74) is 1.000. The lowest BCUT2D eigenvalue weighted by atomic mass is 9.93. The van der Waals surface area contributed by atoms with Gasteiger partial charge < -0.3 is 4.90 Å². The molecule has 1 atom stereocenters. The average Bonchev–Trinajstić information content (AvgIpc) is 2.72. The molecule has 2 saturated heterocycles. The summed E-state index contributed by atoms with van der Waals surface area (Å²) in [6.45, 7) is 3.38. The maximum atomic E-state index is 13.1. The summed E-state index contributed by atoms with van der Waals surface area (Å²) in [5.74, 6) is -0.212. The molecular formula is C20H31N3O5S2. The van der Waals surface area contributed by atoms with E-state index in [0.29, 0.717) is 32.5 Å². The van der Waals surface area contributed by atoms with Crippen LogP contribution in [0.2, 0.25) is 0 Å². The van der Waals surface area contributed by atoms with Crippen molar-refractivity contribution in [2.24, 2.45) is 5.92 Å². The Bertz CT molecular complexity index is 953. The van der Waals surface area contributed by atoms with Crippen molar-refractivity contribution in [3.8, 4) is 0 Å². The van der Waals surface area contributed by atoms with E-state index in [1.807, 2.05) is 6.92 Å². The van der Waals surface area contributed by atoms with Crippen molar-refractivity contribution < 1.29 is 21.6 Å². The molecule has 0 aliphatic carbocycles. The number of aryl methyl sites for hydroxylation is 1. The molecule has 2 heterocycles. The first-order valence-electron chi connectivity index (χ1n) is 10.4. The minimum absolute atomic E-state index is 0.0161. The first kappa shape index (κ1) is 23.2. The van der Waals surface area contributed by atoms with Gasteiger partial charge in [0.25, 0.3) is 0 Å². The molecule has 8 nitrogen and oxygen atoms in total. The van der Waals surface area contributed by atoms with Gasteiger partial charge in [-0.15, -0.1) is 0 Å². The van der Waals surface area contributed by atoms with Crippen molar-refractivity contribution in [1.29, 1.82) is 0 Å². The molecule has 0 radical (unpaired) electrons. The number of hydrogen-bond acceptors (Lipinski definition) is 5. The van der Waals surface area contributed by atoms with E-state index in [9.17, 15) is 21.6 Å². The lowest BCUT2D eigenvalue weighted by Gasteiger charge is -2.39. The highest BCUT2D eigenvalue weighted by Gasteiger charge is 2.36. The summed E-state index contributed by atoms with van der Waals surface area (Å²) >= 11 is 0. The van der Waals surface area contributed by atoms with Crippen LogP contribution in [0, 0.1) is 12.8 Å². The molecule has 0 aromatic heterocycles. The molecule has 1 aromatic rings. The van der Waals surface area contributed by atoms with Crippen LogP contribution in [0.1, 0.15) is 37.7 Å². The maximum Gasteiger partial charge on any atom is 0.243 e. The minimum atomic E-state index is -3.56. The molecule has 0 bridgehead atoms. The van der Waals surface area contributed by atoms with E-state index >= 15 is 0 Å². The van der Waals surface area contributed by atoms with Crippen molar-refractivity contribution in [3.63, 3.8) is 0 Å². The second-order valence-electron chi connectivity index (χ2n) is 8.29. The summed E-state index contributed by atoms with van der Waals surface area (Å²) in [7, 11) is -6.87. The maximum absolute atomic E-state index is 13.1. The number of carbonyl (C=O) groups is 1. The van der Waals surface area contributed by atoms with E-state index in [4.69, 9.17) is 0 Å². The van der Waals surface area contributed by atoms with Crippen LogP contribution in [-0.4, -0.2) is 70.4 Å². The van der Waals surface area contributed by atoms with Gasteiger partial charge in [0.2, 0.25) is 26.0 Å². The Morgan fingerprint density at radius 3 is 2.23 bits per heavy atom. The van der Waals surface area contributed by atoms with Crippen molar-refractivity contribution >= 4 is 26.0 Å². The van der Waals surface area contributed by atoms with Crippen LogP contribution in [0.3, 0.4) is 0 Å². The molecule has 168 valence electrons. The van der Waals surface area contributed by atoms with Crippen LogP contribution in [0.25, 0.3) is 0 Å². The number of benzene rings is 1. The number of nitrogens with one attached hydrogen (secondary N) is 1. The molecule has 0 saturated carbocycles. The number of sulfonamides is 2. The van der Waals surface area contributed by atoms with Crippen LogP contribution in [-0.2, 0) is 24.8 Å². The molecule has 1 unspecified atom stereocenters. The topological polar surface area (TPSA) is 104 Å². The zero-order valence-electron chi connectivity index (χ0n) is 17.6. The summed E-state index contributed by atoms with van der Waals surface area (Å²) in [4.78, 5) is 15.2. The van der Waals surface area contributed by atoms with Crippen molar-refractivity contribution in [2.45, 2.75) is 50.0 Å². The van der Waals surface area contributed by atoms with Crippen LogP contribution in [0.5, 0.6) is 0 Å². The molecular weight excluding hydrogens is 426 g/mol. The molecule has 30 heavy (non-hydrogen) atoms. The molecule has 0 spiro atoms. The number of amides is 1. The highest BCUT2D eigenvalue weighted by Crippen LogP contribution is 2.27. The smallest absolute Gasteiger partial charge is 0.243 e. The number of piperidine rings is 2. The molecule has 10 heteroatoms. The quantitative estimate of drug-likeness (QED) is 0.694. The van der Waals surface area contributed by atoms with Gasteiger partial charge in [0, 0.05) is 38.1 Å². The van der Waals surface area contributed by atoms with Gasteiger partial charge in [-0.05, 0) is 51.2 Å². The van der Waals surface area contributed by atoms with Crippen LogP contribution >= 0.6 is 0 Å². The Balaban J connectivity index is 1.62. The predicted molar refractivity (Wildman–Crippen MR) is 115 cm³/mol. The Labute approximate surface area is 179 Å². The lowest BCUT2D eigenvalue weighted by molar-refractivity contribution is -0.140. The van der Waals surface area contributed by atoms with E-state index in [1.54, 1.807) is 29.2 Å². The summed E-state index contributed by atoms with van der Waals surface area (Å²) in [6.07, 6.45) is 4.72. The first-order chi connectivity index (χ1) is 14.1. The lowest BCUT2D eigenvalue weighted by Crippen LogP contribution is -2.52. The first-order valence-corrected chi connectivity index (χ1v) is 13.7. The third-order valence-electron chi connectivity index (χ3n) is 5.95. The fraction of sp³-hybridized carbons (Fsp3) is 0.650. The third-order valence-corrected chi connectivity index (χ3v) is 8.56. The predicted octanol–water partition coefficient (Wildman–Crippen LogP) is 1.33. The summed E-state index contributed by atoms with van der Waals surface area (Å²) < 4.78 is 52.6. The fourth-order valence-corrected chi connectivity index (χ4v) is 6.15. The minimum Gasteiger partial charge on any atom is -0.338 e. The molecule has 1 aromatic carbocycles. The molecule has 2 aliphatic rings. The van der Waals surface area contributed by atoms with Crippen molar-refractivity contribution in [3.05, 3.63) is 29.8 Å². The third kappa shape index (κ3) is 5.60. The van der Waals surface area contributed by atoms with Crippen LogP contribution < -0.4 is 4.72 Å². The van der Waals surface area contributed by atoms with Gasteiger partial charge in [0.05, 0.1) is 11.2 Å². The molecule has 2 aliphatic heterocycles. The molecule has 2 fully saturated rings. The van der Waals surface area contributed by atoms with E-state index < -0.39 is 20.0 Å². The molecule has 3 rings (SSSR count). The van der Waals surface area contributed by atoms with E-state index in [0.717, 1.165) is 31.1 Å². The van der Waals surface area contributed by atoms with E-state index in [-0.39, 0.29) is 29.3 Å². The van der Waals surface area contributed by atoms with Gasteiger partial charge in [-0.3, -0.25) is 4.79 Å². The van der Waals surface area contributed by atoms with Crippen molar-refractivity contribution in [1.82, 2.24) is 13.9 Å². The standard InChI is InChI=1S/C20H31N3O5S2/c1-16-6-8-19(9-7-16)30(27,28)22-13-10-17(11-14-22)20(24)23-12-4-3-5-18(23)15-21-29(2,25)26/h6-9,17-18,21H,3-5,10-15H2,1-2H3. The SMILES string of the molecule is Cc1ccc(S(=O)(=O)N2CCC(C(=O)N3CCCCC3CNS(C)(=O)=O)CC2)cc1. The van der Waals surface area contributed by atoms with Crippen molar-refractivity contribution in [2.75, 3.05) is 32.4 Å². The van der Waals surface area contributed by atoms with Crippen LogP contribution in [0.15, 0.2) is 29.2 Å². The summed E-state index contributed by atoms with van der Waals surface area (Å²) in [6, 6.07) is 6.66. The number of likely N-dealkylation sites (tertiary alicyclic amines) is 1. The van der Waals surface area contributed by atoms with Gasteiger partial charge in [-0.25, -0.2) is 21.6 Å². The second kappa shape index (κ2) is 9.33. The largest absolute Gasteiger partial charge is 0.338 e. The normalized spacial score (nSPS) is 22.2. The summed E-state index contributed by atoms with van der Waals surface area (Å²) in [5, 5.41) is 0. The zero-order valence-corrected chi connectivity index (χ0v) is 19.2. The van der Waals surface area contributed by atoms with E-state index in [1.165, 1.54) is 4.31 Å². The highest BCUT2D eigenvalue weighted by atomic mass is 32.2. The Kier molecular flexibility index (Phi) is 7.21. The monoisotopic (exact) mass is 457 g/mol. The fourth-order valence-electron chi connectivity index (χ4n) is 4.19. The molecule has 1 N–H and O–H groups in total. The van der Waals surface area contributed by atoms with Gasteiger partial charge in [0.15, 0.2) is 0 Å². The van der Waals surface area contributed by atoms with Gasteiger partial charge in [-0.2, -0.15) is 4.31 Å². The highest BCUT2D eigenvalue weighted by molar-refractivity contribution is 7.89. The number of rotatable bonds is 6. The Hall–Kier alpha value is -1.49. The second-order valence-corrected chi connectivity index (χ2v) is 12.1. The number of nitrogens with zero attached hydrogens (tertiary/aromatic N) is 2. The molecule has 1 amide bonds.